The number of aryl methyl sites for hydroxylation is 1. The molecular weight excluding hydrogens is 190 g/mol. The standard InChI is InChI=1S/C10H13N5/c1-15-8-13-10(14-15)7-12-6-9-2-4-11-5-3-9/h2-5,8,12H,6-7H2,1H3. The monoisotopic (exact) mass is 203 g/mol. The average molecular weight is 203 g/mol. The van der Waals surface area contributed by atoms with Crippen molar-refractivity contribution in [2.75, 3.05) is 0 Å². The van der Waals surface area contributed by atoms with Gasteiger partial charge in [-0.25, -0.2) is 4.98 Å². The Labute approximate surface area is 88.2 Å². The molecule has 0 amide bonds. The maximum absolute atomic E-state index is 4.17. The second kappa shape index (κ2) is 4.65. The molecule has 0 spiro atoms. The minimum Gasteiger partial charge on any atom is -0.306 e. The van der Waals surface area contributed by atoms with Gasteiger partial charge in [-0.3, -0.25) is 9.67 Å². The summed E-state index contributed by atoms with van der Waals surface area (Å²) in [4.78, 5) is 8.08. The molecule has 0 fully saturated rings. The summed E-state index contributed by atoms with van der Waals surface area (Å²) in [6, 6.07) is 3.97. The summed E-state index contributed by atoms with van der Waals surface area (Å²) in [6.07, 6.45) is 5.27. The summed E-state index contributed by atoms with van der Waals surface area (Å²) in [5.74, 6) is 0.812. The van der Waals surface area contributed by atoms with Crippen LogP contribution in [-0.2, 0) is 20.1 Å². The fourth-order valence-corrected chi connectivity index (χ4v) is 1.28. The molecule has 0 radical (unpaired) electrons. The van der Waals surface area contributed by atoms with E-state index in [9.17, 15) is 0 Å². The van der Waals surface area contributed by atoms with E-state index >= 15 is 0 Å². The highest BCUT2D eigenvalue weighted by Crippen LogP contribution is 1.95. The molecule has 1 N–H and O–H groups in total. The first kappa shape index (κ1) is 9.79. The zero-order valence-electron chi connectivity index (χ0n) is 8.59. The van der Waals surface area contributed by atoms with E-state index in [1.807, 2.05) is 19.2 Å². The molecular formula is C10H13N5. The first-order chi connectivity index (χ1) is 7.34. The van der Waals surface area contributed by atoms with Crippen molar-refractivity contribution in [3.8, 4) is 0 Å². The van der Waals surface area contributed by atoms with Gasteiger partial charge in [0, 0.05) is 26.0 Å². The topological polar surface area (TPSA) is 55.6 Å². The Morgan fingerprint density at radius 3 is 2.73 bits per heavy atom. The van der Waals surface area contributed by atoms with Gasteiger partial charge < -0.3 is 5.32 Å². The van der Waals surface area contributed by atoms with Gasteiger partial charge in [0.15, 0.2) is 5.82 Å². The number of nitrogens with one attached hydrogen (secondary N) is 1. The third kappa shape index (κ3) is 2.85. The Morgan fingerprint density at radius 1 is 1.27 bits per heavy atom. The van der Waals surface area contributed by atoms with Gasteiger partial charge in [-0.1, -0.05) is 0 Å². The maximum atomic E-state index is 4.17. The molecule has 0 saturated carbocycles. The molecule has 0 aliphatic heterocycles. The number of aromatic nitrogens is 4. The number of hydrogen-bond donors (Lipinski definition) is 1. The van der Waals surface area contributed by atoms with Gasteiger partial charge in [0.2, 0.25) is 0 Å². The minimum absolute atomic E-state index is 0.684. The van der Waals surface area contributed by atoms with Gasteiger partial charge >= 0.3 is 0 Å². The molecule has 0 aromatic carbocycles. The zero-order valence-corrected chi connectivity index (χ0v) is 8.59. The predicted octanol–water partition coefficient (Wildman–Crippen LogP) is 0.500. The van der Waals surface area contributed by atoms with Crippen molar-refractivity contribution >= 4 is 0 Å². The minimum atomic E-state index is 0.684. The van der Waals surface area contributed by atoms with Crippen molar-refractivity contribution in [1.82, 2.24) is 25.1 Å². The Bertz CT molecular complexity index is 409. The molecule has 0 aliphatic rings. The average Bonchev–Trinajstić information content (AvgIpc) is 2.66. The normalized spacial score (nSPS) is 10.5. The smallest absolute Gasteiger partial charge is 0.164 e. The Balaban J connectivity index is 1.80. The van der Waals surface area contributed by atoms with Crippen LogP contribution in [0.2, 0.25) is 0 Å². The number of hydrogen-bond acceptors (Lipinski definition) is 4. The third-order valence-corrected chi connectivity index (χ3v) is 2.01. The fraction of sp³-hybridized carbons (Fsp3) is 0.300. The Hall–Kier alpha value is -1.75. The van der Waals surface area contributed by atoms with Crippen LogP contribution < -0.4 is 5.32 Å². The lowest BCUT2D eigenvalue weighted by molar-refractivity contribution is 0.649. The van der Waals surface area contributed by atoms with Gasteiger partial charge in [-0.2, -0.15) is 5.10 Å². The summed E-state index contributed by atoms with van der Waals surface area (Å²) in [7, 11) is 1.86. The molecule has 78 valence electrons. The molecule has 0 bridgehead atoms. The van der Waals surface area contributed by atoms with Crippen molar-refractivity contribution in [3.63, 3.8) is 0 Å². The van der Waals surface area contributed by atoms with Gasteiger partial charge in [-0.05, 0) is 17.7 Å². The summed E-state index contributed by atoms with van der Waals surface area (Å²) < 4.78 is 1.70. The molecule has 2 heterocycles. The van der Waals surface area contributed by atoms with Crippen LogP contribution in [0.25, 0.3) is 0 Å². The zero-order chi connectivity index (χ0) is 10.5. The highest BCUT2D eigenvalue weighted by molar-refractivity contribution is 5.09. The van der Waals surface area contributed by atoms with Gasteiger partial charge in [-0.15, -0.1) is 0 Å². The van der Waals surface area contributed by atoms with E-state index in [-0.39, 0.29) is 0 Å². The SMILES string of the molecule is Cn1cnc(CNCc2ccncc2)n1. The lowest BCUT2D eigenvalue weighted by Crippen LogP contribution is -2.13. The van der Waals surface area contributed by atoms with Crippen molar-refractivity contribution < 1.29 is 0 Å². The Morgan fingerprint density at radius 2 is 2.07 bits per heavy atom. The van der Waals surface area contributed by atoms with Crippen LogP contribution in [0, 0.1) is 0 Å². The lowest BCUT2D eigenvalue weighted by atomic mass is 10.3. The molecule has 15 heavy (non-hydrogen) atoms. The van der Waals surface area contributed by atoms with E-state index in [2.05, 4.69) is 20.4 Å². The van der Waals surface area contributed by atoms with Crippen LogP contribution in [0.3, 0.4) is 0 Å². The van der Waals surface area contributed by atoms with Crippen LogP contribution in [0.4, 0.5) is 0 Å². The van der Waals surface area contributed by atoms with E-state index < -0.39 is 0 Å². The molecule has 0 atom stereocenters. The van der Waals surface area contributed by atoms with Crippen LogP contribution >= 0.6 is 0 Å². The summed E-state index contributed by atoms with van der Waals surface area (Å²) in [6.45, 7) is 1.49. The van der Waals surface area contributed by atoms with E-state index in [1.54, 1.807) is 23.4 Å². The van der Waals surface area contributed by atoms with Crippen LogP contribution in [0.5, 0.6) is 0 Å². The molecule has 0 aliphatic carbocycles. The van der Waals surface area contributed by atoms with E-state index in [0.29, 0.717) is 6.54 Å². The van der Waals surface area contributed by atoms with Gasteiger partial charge in [0.05, 0.1) is 6.54 Å². The second-order valence-corrected chi connectivity index (χ2v) is 3.29. The fourth-order valence-electron chi connectivity index (χ4n) is 1.28. The molecule has 2 rings (SSSR count). The maximum Gasteiger partial charge on any atom is 0.164 e. The van der Waals surface area contributed by atoms with Gasteiger partial charge in [0.25, 0.3) is 0 Å². The van der Waals surface area contributed by atoms with E-state index in [4.69, 9.17) is 0 Å². The van der Waals surface area contributed by atoms with Crippen molar-refractivity contribution in [2.24, 2.45) is 7.05 Å². The summed E-state index contributed by atoms with van der Waals surface area (Å²) in [5, 5.41) is 7.44. The molecule has 2 aromatic heterocycles. The van der Waals surface area contributed by atoms with E-state index in [1.165, 1.54) is 5.56 Å². The first-order valence-corrected chi connectivity index (χ1v) is 4.79. The van der Waals surface area contributed by atoms with E-state index in [0.717, 1.165) is 12.4 Å². The van der Waals surface area contributed by atoms with Gasteiger partial charge in [0.1, 0.15) is 6.33 Å². The molecule has 0 unspecified atom stereocenters. The van der Waals surface area contributed by atoms with Crippen LogP contribution in [0.15, 0.2) is 30.9 Å². The number of rotatable bonds is 4. The quantitative estimate of drug-likeness (QED) is 0.786. The number of pyridine rings is 1. The summed E-state index contributed by atoms with van der Waals surface area (Å²) >= 11 is 0. The molecule has 5 heteroatoms. The third-order valence-electron chi connectivity index (χ3n) is 2.01. The predicted molar refractivity (Wildman–Crippen MR) is 55.8 cm³/mol. The van der Waals surface area contributed by atoms with Crippen LogP contribution in [0.1, 0.15) is 11.4 Å². The largest absolute Gasteiger partial charge is 0.306 e. The van der Waals surface area contributed by atoms with Crippen molar-refractivity contribution in [2.45, 2.75) is 13.1 Å². The first-order valence-electron chi connectivity index (χ1n) is 4.79. The van der Waals surface area contributed by atoms with Crippen molar-refractivity contribution in [1.29, 1.82) is 0 Å². The summed E-state index contributed by atoms with van der Waals surface area (Å²) in [5.41, 5.74) is 1.21. The molecule has 2 aromatic rings. The highest BCUT2D eigenvalue weighted by atomic mass is 15.3. The molecule has 5 nitrogen and oxygen atoms in total. The highest BCUT2D eigenvalue weighted by Gasteiger charge is 1.97. The van der Waals surface area contributed by atoms with Crippen molar-refractivity contribution in [3.05, 3.63) is 42.2 Å². The Kier molecular flexibility index (Phi) is 3.04. The lowest BCUT2D eigenvalue weighted by Gasteiger charge is -2.01. The second-order valence-electron chi connectivity index (χ2n) is 3.29. The molecule has 0 saturated heterocycles. The van der Waals surface area contributed by atoms with Crippen LogP contribution in [-0.4, -0.2) is 19.7 Å². The number of nitrogens with zero attached hydrogens (tertiary/aromatic N) is 4.